The molecule has 0 saturated carbocycles. The summed E-state index contributed by atoms with van der Waals surface area (Å²) in [6.45, 7) is 6.14. The molecule has 0 spiro atoms. The van der Waals surface area contributed by atoms with Crippen molar-refractivity contribution in [1.29, 1.82) is 5.41 Å². The summed E-state index contributed by atoms with van der Waals surface area (Å²) in [6, 6.07) is 7.94. The Morgan fingerprint density at radius 3 is 2.76 bits per heavy atom. The Labute approximate surface area is 147 Å². The number of nitrogens with one attached hydrogen (secondary N) is 1. The van der Waals surface area contributed by atoms with Gasteiger partial charge in [0, 0.05) is 24.2 Å². The van der Waals surface area contributed by atoms with Crippen molar-refractivity contribution in [3.63, 3.8) is 0 Å². The third-order valence-corrected chi connectivity index (χ3v) is 4.22. The van der Waals surface area contributed by atoms with Crippen LogP contribution in [0.2, 0.25) is 0 Å². The lowest BCUT2D eigenvalue weighted by molar-refractivity contribution is -0.603. The molecule has 2 heterocycles. The van der Waals surface area contributed by atoms with E-state index in [0.717, 1.165) is 34.6 Å². The van der Waals surface area contributed by atoms with Crippen LogP contribution in [-0.2, 0) is 6.42 Å². The number of quaternary nitrogens is 1. The molecule has 0 saturated heterocycles. The fraction of sp³-hybridized carbons (Fsp3) is 0.263. The van der Waals surface area contributed by atoms with Gasteiger partial charge in [-0.05, 0) is 50.1 Å². The van der Waals surface area contributed by atoms with Crippen molar-refractivity contribution in [3.05, 3.63) is 58.6 Å². The Morgan fingerprint density at radius 2 is 2.04 bits per heavy atom. The SMILES string of the molecule is CC1=C(N)Oc2ccc(C(=N)c3c([NH2+]C(C)C)ccnc3N)cc2C1. The highest BCUT2D eigenvalue weighted by atomic mass is 16.5. The first kappa shape index (κ1) is 17.0. The quantitative estimate of drug-likeness (QED) is 0.636. The van der Waals surface area contributed by atoms with Gasteiger partial charge in [-0.15, -0.1) is 0 Å². The van der Waals surface area contributed by atoms with Crippen LogP contribution in [0.15, 0.2) is 41.9 Å². The lowest BCUT2D eigenvalue weighted by atomic mass is 9.95. The molecule has 3 rings (SSSR count). The summed E-state index contributed by atoms with van der Waals surface area (Å²) in [4.78, 5) is 4.17. The van der Waals surface area contributed by atoms with E-state index in [2.05, 4.69) is 24.1 Å². The van der Waals surface area contributed by atoms with Crippen LogP contribution in [0.4, 0.5) is 11.5 Å². The van der Waals surface area contributed by atoms with E-state index in [4.69, 9.17) is 21.6 Å². The van der Waals surface area contributed by atoms with Crippen LogP contribution in [0, 0.1) is 5.41 Å². The van der Waals surface area contributed by atoms with Crippen LogP contribution in [-0.4, -0.2) is 16.7 Å². The minimum absolute atomic E-state index is 0.348. The third-order valence-electron chi connectivity index (χ3n) is 4.22. The molecule has 1 aliphatic heterocycles. The van der Waals surface area contributed by atoms with Gasteiger partial charge in [0.05, 0.1) is 11.8 Å². The zero-order valence-electron chi connectivity index (χ0n) is 14.8. The number of allylic oxidation sites excluding steroid dienone is 1. The van der Waals surface area contributed by atoms with Crippen LogP contribution in [0.25, 0.3) is 0 Å². The van der Waals surface area contributed by atoms with E-state index in [-0.39, 0.29) is 0 Å². The molecule has 0 radical (unpaired) electrons. The van der Waals surface area contributed by atoms with Gasteiger partial charge in [-0.2, -0.15) is 0 Å². The lowest BCUT2D eigenvalue weighted by Gasteiger charge is -2.20. The summed E-state index contributed by atoms with van der Waals surface area (Å²) >= 11 is 0. The predicted octanol–water partition coefficient (Wildman–Crippen LogP) is 1.81. The number of pyridine rings is 1. The first-order valence-electron chi connectivity index (χ1n) is 8.31. The monoisotopic (exact) mass is 338 g/mol. The summed E-state index contributed by atoms with van der Waals surface area (Å²) in [5.74, 6) is 1.57. The average Bonchev–Trinajstić information content (AvgIpc) is 2.54. The van der Waals surface area contributed by atoms with Gasteiger partial charge in [-0.25, -0.2) is 4.98 Å². The average molecular weight is 338 g/mol. The van der Waals surface area contributed by atoms with Crippen LogP contribution < -0.4 is 21.5 Å². The van der Waals surface area contributed by atoms with Crippen molar-refractivity contribution < 1.29 is 10.1 Å². The van der Waals surface area contributed by atoms with Gasteiger partial charge in [0.25, 0.3) is 0 Å². The van der Waals surface area contributed by atoms with Crippen molar-refractivity contribution in [1.82, 2.24) is 4.98 Å². The molecule has 25 heavy (non-hydrogen) atoms. The van der Waals surface area contributed by atoms with E-state index in [1.165, 1.54) is 0 Å². The molecule has 0 unspecified atom stereocenters. The maximum Gasteiger partial charge on any atom is 0.190 e. The molecule has 130 valence electrons. The van der Waals surface area contributed by atoms with Crippen molar-refractivity contribution in [2.45, 2.75) is 33.2 Å². The second-order valence-electron chi connectivity index (χ2n) is 6.69. The van der Waals surface area contributed by atoms with E-state index < -0.39 is 0 Å². The molecule has 0 aliphatic carbocycles. The number of anilines is 1. The van der Waals surface area contributed by atoms with Gasteiger partial charge in [0.1, 0.15) is 22.8 Å². The number of ether oxygens (including phenoxy) is 1. The lowest BCUT2D eigenvalue weighted by Crippen LogP contribution is -2.83. The second kappa shape index (κ2) is 6.57. The zero-order chi connectivity index (χ0) is 18.1. The summed E-state index contributed by atoms with van der Waals surface area (Å²) in [6.07, 6.45) is 2.40. The Balaban J connectivity index is 2.00. The number of aromatic nitrogens is 1. The first-order chi connectivity index (χ1) is 11.9. The number of nitrogen functional groups attached to an aromatic ring is 1. The van der Waals surface area contributed by atoms with Gasteiger partial charge >= 0.3 is 0 Å². The maximum absolute atomic E-state index is 8.69. The van der Waals surface area contributed by atoms with Crippen molar-refractivity contribution in [2.75, 3.05) is 5.73 Å². The molecule has 6 nitrogen and oxygen atoms in total. The van der Waals surface area contributed by atoms with Crippen molar-refractivity contribution >= 4 is 17.2 Å². The fourth-order valence-corrected chi connectivity index (χ4v) is 2.96. The number of nitrogens with two attached hydrogens (primary N) is 3. The van der Waals surface area contributed by atoms with Crippen LogP contribution in [0.5, 0.6) is 5.75 Å². The number of hydrogen-bond acceptors (Lipinski definition) is 5. The Kier molecular flexibility index (Phi) is 4.46. The summed E-state index contributed by atoms with van der Waals surface area (Å²) in [5.41, 5.74) is 16.7. The topological polar surface area (TPSA) is 115 Å². The molecule has 7 N–H and O–H groups in total. The van der Waals surface area contributed by atoms with Gasteiger partial charge in [0.2, 0.25) is 0 Å². The Hall–Kier alpha value is -2.86. The molecule has 1 aromatic carbocycles. The molecule has 0 amide bonds. The smallest absolute Gasteiger partial charge is 0.190 e. The highest BCUT2D eigenvalue weighted by Gasteiger charge is 2.21. The Morgan fingerprint density at radius 1 is 1.28 bits per heavy atom. The molecule has 6 heteroatoms. The maximum atomic E-state index is 8.69. The standard InChI is InChI=1S/C19H23N5O/c1-10(2)24-14-6-7-23-18(21)16(14)17(20)12-4-5-15-13(9-12)8-11(3)19(22)25-15/h4-7,9-10,20H,8,22H2,1-3H3,(H3,21,23,24)/p+1. The minimum atomic E-state index is 0.348. The molecule has 0 fully saturated rings. The van der Waals surface area contributed by atoms with Crippen molar-refractivity contribution in [2.24, 2.45) is 5.73 Å². The fourth-order valence-electron chi connectivity index (χ4n) is 2.96. The van der Waals surface area contributed by atoms with Gasteiger partial charge in [-0.3, -0.25) is 5.41 Å². The zero-order valence-corrected chi connectivity index (χ0v) is 14.8. The number of nitrogens with zero attached hydrogens (tertiary/aromatic N) is 1. The number of fused-ring (bicyclic) bond motifs is 1. The molecule has 0 bridgehead atoms. The van der Waals surface area contributed by atoms with E-state index in [1.807, 2.05) is 31.2 Å². The van der Waals surface area contributed by atoms with E-state index >= 15 is 0 Å². The van der Waals surface area contributed by atoms with Crippen LogP contribution in [0.1, 0.15) is 37.5 Å². The van der Waals surface area contributed by atoms with E-state index in [9.17, 15) is 0 Å². The van der Waals surface area contributed by atoms with E-state index in [0.29, 0.717) is 29.0 Å². The highest BCUT2D eigenvalue weighted by Crippen LogP contribution is 2.30. The summed E-state index contributed by atoms with van der Waals surface area (Å²) < 4.78 is 5.63. The predicted molar refractivity (Wildman–Crippen MR) is 99.0 cm³/mol. The first-order valence-corrected chi connectivity index (χ1v) is 8.31. The number of benzene rings is 1. The third kappa shape index (κ3) is 3.34. The summed E-state index contributed by atoms with van der Waals surface area (Å²) in [5, 5.41) is 10.8. The van der Waals surface area contributed by atoms with Crippen LogP contribution >= 0.6 is 0 Å². The van der Waals surface area contributed by atoms with E-state index in [1.54, 1.807) is 6.20 Å². The second-order valence-corrected chi connectivity index (χ2v) is 6.69. The molecule has 1 aliphatic rings. The van der Waals surface area contributed by atoms with Crippen molar-refractivity contribution in [3.8, 4) is 5.75 Å². The minimum Gasteiger partial charge on any atom is -0.441 e. The normalized spacial score (nSPS) is 13.6. The Bertz CT molecular complexity index is 870. The molecular weight excluding hydrogens is 314 g/mol. The highest BCUT2D eigenvalue weighted by molar-refractivity contribution is 6.15. The van der Waals surface area contributed by atoms with Gasteiger partial charge in [0.15, 0.2) is 5.88 Å². The molecular formula is C19H24N5O+. The number of rotatable bonds is 4. The number of hydrogen-bond donors (Lipinski definition) is 4. The molecule has 0 atom stereocenters. The van der Waals surface area contributed by atoms with Gasteiger partial charge < -0.3 is 21.5 Å². The molecule has 1 aromatic heterocycles. The molecule has 2 aromatic rings. The summed E-state index contributed by atoms with van der Waals surface area (Å²) in [7, 11) is 0. The van der Waals surface area contributed by atoms with Crippen LogP contribution in [0.3, 0.4) is 0 Å². The van der Waals surface area contributed by atoms with Gasteiger partial charge in [-0.1, -0.05) is 0 Å². The largest absolute Gasteiger partial charge is 0.441 e.